The summed E-state index contributed by atoms with van der Waals surface area (Å²) in [4.78, 5) is 14.1. The van der Waals surface area contributed by atoms with E-state index in [1.807, 2.05) is 6.92 Å². The quantitative estimate of drug-likeness (QED) is 0.637. The standard InChI is InChI=1S/C12H15N3O4/c1-3-6-13-8(2)12-14-7-10(19-12)9-4-5-11(18-9)15(16)17/h4-5,7-8,13H,3,6H2,1-2H3. The fourth-order valence-corrected chi connectivity index (χ4v) is 1.61. The number of nitrogens with zero attached hydrogens (tertiary/aromatic N) is 2. The van der Waals surface area contributed by atoms with Crippen LogP contribution in [0.3, 0.4) is 0 Å². The average molecular weight is 265 g/mol. The maximum Gasteiger partial charge on any atom is 0.433 e. The Morgan fingerprint density at radius 1 is 1.42 bits per heavy atom. The first-order valence-corrected chi connectivity index (χ1v) is 6.05. The van der Waals surface area contributed by atoms with E-state index in [4.69, 9.17) is 8.83 Å². The van der Waals surface area contributed by atoms with Gasteiger partial charge in [0.25, 0.3) is 0 Å². The summed E-state index contributed by atoms with van der Waals surface area (Å²) in [5.74, 6) is 0.897. The van der Waals surface area contributed by atoms with E-state index in [1.165, 1.54) is 18.3 Å². The number of furan rings is 1. The van der Waals surface area contributed by atoms with Crippen molar-refractivity contribution in [3.8, 4) is 11.5 Å². The van der Waals surface area contributed by atoms with E-state index in [0.29, 0.717) is 17.4 Å². The number of nitro groups is 1. The number of hydrogen-bond acceptors (Lipinski definition) is 6. The lowest BCUT2D eigenvalue weighted by Crippen LogP contribution is -2.19. The van der Waals surface area contributed by atoms with Crippen molar-refractivity contribution in [3.05, 3.63) is 34.3 Å². The van der Waals surface area contributed by atoms with Crippen LogP contribution in [-0.2, 0) is 0 Å². The number of aromatic nitrogens is 1. The molecular weight excluding hydrogens is 250 g/mol. The van der Waals surface area contributed by atoms with E-state index in [2.05, 4.69) is 17.2 Å². The molecule has 2 aromatic rings. The van der Waals surface area contributed by atoms with Gasteiger partial charge in [-0.3, -0.25) is 10.1 Å². The van der Waals surface area contributed by atoms with Crippen LogP contribution in [0.4, 0.5) is 5.88 Å². The normalized spacial score (nSPS) is 12.5. The molecule has 0 saturated heterocycles. The van der Waals surface area contributed by atoms with Gasteiger partial charge in [0.15, 0.2) is 11.5 Å². The molecule has 0 amide bonds. The zero-order valence-electron chi connectivity index (χ0n) is 10.8. The van der Waals surface area contributed by atoms with Crippen molar-refractivity contribution in [1.82, 2.24) is 10.3 Å². The van der Waals surface area contributed by atoms with E-state index < -0.39 is 4.92 Å². The first-order chi connectivity index (χ1) is 9.11. The SMILES string of the molecule is CCCNC(C)c1ncc(-c2ccc([N+](=O)[O-])o2)o1. The Morgan fingerprint density at radius 3 is 2.84 bits per heavy atom. The summed E-state index contributed by atoms with van der Waals surface area (Å²) < 4.78 is 10.6. The van der Waals surface area contributed by atoms with Crippen molar-refractivity contribution >= 4 is 5.88 Å². The van der Waals surface area contributed by atoms with Crippen LogP contribution >= 0.6 is 0 Å². The third-order valence-corrected chi connectivity index (χ3v) is 2.61. The van der Waals surface area contributed by atoms with Gasteiger partial charge in [-0.2, -0.15) is 0 Å². The van der Waals surface area contributed by atoms with Crippen LogP contribution in [-0.4, -0.2) is 16.5 Å². The predicted octanol–water partition coefficient (Wildman–Crippen LogP) is 2.90. The second-order valence-corrected chi connectivity index (χ2v) is 4.13. The third kappa shape index (κ3) is 3.00. The van der Waals surface area contributed by atoms with Gasteiger partial charge in [-0.1, -0.05) is 6.92 Å². The van der Waals surface area contributed by atoms with Crippen LogP contribution in [0.5, 0.6) is 0 Å². The molecule has 2 rings (SSSR count). The molecule has 1 N–H and O–H groups in total. The van der Waals surface area contributed by atoms with Crippen LogP contribution in [0.2, 0.25) is 0 Å². The van der Waals surface area contributed by atoms with E-state index in [1.54, 1.807) is 0 Å². The van der Waals surface area contributed by atoms with Gasteiger partial charge in [0.1, 0.15) is 4.92 Å². The molecule has 2 aromatic heterocycles. The lowest BCUT2D eigenvalue weighted by molar-refractivity contribution is -0.401. The Bertz CT molecular complexity index is 561. The second-order valence-electron chi connectivity index (χ2n) is 4.13. The predicted molar refractivity (Wildman–Crippen MR) is 67.6 cm³/mol. The summed E-state index contributed by atoms with van der Waals surface area (Å²) in [5, 5.41) is 13.8. The van der Waals surface area contributed by atoms with E-state index >= 15 is 0 Å². The third-order valence-electron chi connectivity index (χ3n) is 2.61. The van der Waals surface area contributed by atoms with Gasteiger partial charge in [-0.15, -0.1) is 0 Å². The zero-order chi connectivity index (χ0) is 13.8. The Labute approximate surface area is 109 Å². The minimum absolute atomic E-state index is 0.0151. The first-order valence-electron chi connectivity index (χ1n) is 6.05. The highest BCUT2D eigenvalue weighted by atomic mass is 16.6. The molecule has 0 aliphatic rings. The van der Waals surface area contributed by atoms with Crippen molar-refractivity contribution in [2.45, 2.75) is 26.3 Å². The fraction of sp³-hybridized carbons (Fsp3) is 0.417. The van der Waals surface area contributed by atoms with Gasteiger partial charge in [0, 0.05) is 0 Å². The summed E-state index contributed by atoms with van der Waals surface area (Å²) in [6.07, 6.45) is 2.52. The zero-order valence-corrected chi connectivity index (χ0v) is 10.8. The first kappa shape index (κ1) is 13.3. The maximum absolute atomic E-state index is 10.5. The van der Waals surface area contributed by atoms with Crippen molar-refractivity contribution in [2.24, 2.45) is 0 Å². The summed E-state index contributed by atoms with van der Waals surface area (Å²) in [6, 6.07) is 2.77. The molecule has 0 fully saturated rings. The molecular formula is C12H15N3O4. The van der Waals surface area contributed by atoms with E-state index in [0.717, 1.165) is 13.0 Å². The number of oxazole rings is 1. The number of nitrogens with one attached hydrogen (secondary N) is 1. The molecule has 7 nitrogen and oxygen atoms in total. The molecule has 0 aromatic carbocycles. The van der Waals surface area contributed by atoms with Crippen molar-refractivity contribution in [2.75, 3.05) is 6.54 Å². The molecule has 2 heterocycles. The largest absolute Gasteiger partial charge is 0.436 e. The topological polar surface area (TPSA) is 94.3 Å². The highest BCUT2D eigenvalue weighted by Crippen LogP contribution is 2.27. The molecule has 1 atom stereocenters. The second kappa shape index (κ2) is 5.66. The fourth-order valence-electron chi connectivity index (χ4n) is 1.61. The molecule has 0 spiro atoms. The smallest absolute Gasteiger partial charge is 0.433 e. The molecule has 0 radical (unpaired) electrons. The van der Waals surface area contributed by atoms with Crippen molar-refractivity contribution < 1.29 is 13.8 Å². The summed E-state index contributed by atoms with van der Waals surface area (Å²) in [6.45, 7) is 4.88. The number of hydrogen-bond donors (Lipinski definition) is 1. The average Bonchev–Trinajstić information content (AvgIpc) is 3.03. The lowest BCUT2D eigenvalue weighted by Gasteiger charge is -2.07. The molecule has 0 aliphatic heterocycles. The van der Waals surface area contributed by atoms with Gasteiger partial charge in [-0.25, -0.2) is 4.98 Å². The van der Waals surface area contributed by atoms with Gasteiger partial charge >= 0.3 is 5.88 Å². The minimum Gasteiger partial charge on any atom is -0.436 e. The monoisotopic (exact) mass is 265 g/mol. The molecule has 0 saturated carbocycles. The molecule has 19 heavy (non-hydrogen) atoms. The van der Waals surface area contributed by atoms with Gasteiger partial charge in [-0.05, 0) is 26.0 Å². The molecule has 0 aliphatic carbocycles. The molecule has 7 heteroatoms. The van der Waals surface area contributed by atoms with Gasteiger partial charge in [0.05, 0.1) is 18.3 Å². The lowest BCUT2D eigenvalue weighted by atomic mass is 10.3. The minimum atomic E-state index is -0.591. The molecule has 0 bridgehead atoms. The van der Waals surface area contributed by atoms with Crippen molar-refractivity contribution in [1.29, 1.82) is 0 Å². The number of rotatable bonds is 6. The Balaban J connectivity index is 2.13. The van der Waals surface area contributed by atoms with Crippen LogP contribution in [0.15, 0.2) is 27.2 Å². The summed E-state index contributed by atoms with van der Waals surface area (Å²) in [5.41, 5.74) is 0. The highest BCUT2D eigenvalue weighted by molar-refractivity contribution is 5.50. The van der Waals surface area contributed by atoms with Crippen LogP contribution in [0.1, 0.15) is 32.2 Å². The Kier molecular flexibility index (Phi) is 3.96. The van der Waals surface area contributed by atoms with Gasteiger partial charge < -0.3 is 14.2 Å². The van der Waals surface area contributed by atoms with Crippen molar-refractivity contribution in [3.63, 3.8) is 0 Å². The van der Waals surface area contributed by atoms with Crippen LogP contribution in [0, 0.1) is 10.1 Å². The maximum atomic E-state index is 10.5. The van der Waals surface area contributed by atoms with E-state index in [9.17, 15) is 10.1 Å². The van der Waals surface area contributed by atoms with Gasteiger partial charge in [0.2, 0.25) is 5.89 Å². The van der Waals surface area contributed by atoms with Crippen LogP contribution in [0.25, 0.3) is 11.5 Å². The van der Waals surface area contributed by atoms with E-state index in [-0.39, 0.29) is 11.9 Å². The van der Waals surface area contributed by atoms with Crippen LogP contribution < -0.4 is 5.32 Å². The Morgan fingerprint density at radius 2 is 2.21 bits per heavy atom. The molecule has 1 unspecified atom stereocenters. The Hall–Kier alpha value is -2.15. The highest BCUT2D eigenvalue weighted by Gasteiger charge is 2.18. The summed E-state index contributed by atoms with van der Waals surface area (Å²) >= 11 is 0. The summed E-state index contributed by atoms with van der Waals surface area (Å²) in [7, 11) is 0. The molecule has 102 valence electrons.